The molecule has 3 aromatic rings. The van der Waals surface area contributed by atoms with E-state index in [4.69, 9.17) is 40.2 Å². The van der Waals surface area contributed by atoms with Crippen LogP contribution in [0.1, 0.15) is 46.1 Å². The fourth-order valence-electron chi connectivity index (χ4n) is 3.56. The number of aryl methyl sites for hydroxylation is 1. The predicted octanol–water partition coefficient (Wildman–Crippen LogP) is 5.56. The predicted molar refractivity (Wildman–Crippen MR) is 132 cm³/mol. The van der Waals surface area contributed by atoms with Crippen molar-refractivity contribution in [1.82, 2.24) is 14.8 Å². The second kappa shape index (κ2) is 10.2. The SMILES string of the molecule is CCOC(=O)c1c(NC(=S)Nc2ncn(Cc3ccc(Cl)cc3Cl)n2)sc2c1CCCC2. The minimum absolute atomic E-state index is 0.302. The van der Waals surface area contributed by atoms with Crippen LogP contribution < -0.4 is 10.6 Å². The van der Waals surface area contributed by atoms with E-state index in [-0.39, 0.29) is 5.97 Å². The molecule has 0 unspecified atom stereocenters. The van der Waals surface area contributed by atoms with Crippen LogP contribution in [0.4, 0.5) is 10.9 Å². The number of rotatable bonds is 6. The van der Waals surface area contributed by atoms with Crippen molar-refractivity contribution >= 4 is 68.8 Å². The number of carbonyl (C=O) groups is 1. The molecule has 0 fully saturated rings. The lowest BCUT2D eigenvalue weighted by molar-refractivity contribution is 0.0526. The van der Waals surface area contributed by atoms with Crippen LogP contribution in [-0.4, -0.2) is 32.5 Å². The Morgan fingerprint density at radius 3 is 2.88 bits per heavy atom. The Morgan fingerprint density at radius 2 is 2.09 bits per heavy atom. The molecule has 0 aliphatic heterocycles. The van der Waals surface area contributed by atoms with E-state index in [0.717, 1.165) is 36.8 Å². The summed E-state index contributed by atoms with van der Waals surface area (Å²) in [4.78, 5) is 18.1. The number of carbonyl (C=O) groups excluding carboxylic acids is 1. The average Bonchev–Trinajstić information content (AvgIpc) is 3.33. The van der Waals surface area contributed by atoms with Gasteiger partial charge in [-0.15, -0.1) is 16.4 Å². The standard InChI is InChI=1S/C21H21Cl2N5O2S2/c1-2-30-19(29)17-14-5-3-4-6-16(14)32-18(17)25-21(31)26-20-24-11-28(27-20)10-12-7-8-13(22)9-15(12)23/h7-9,11H,2-6,10H2,1H3,(H2,25,26,27,31). The zero-order valence-corrected chi connectivity index (χ0v) is 20.4. The van der Waals surface area contributed by atoms with Crippen LogP contribution in [0.5, 0.6) is 0 Å². The van der Waals surface area contributed by atoms with Crippen molar-refractivity contribution in [1.29, 1.82) is 0 Å². The largest absolute Gasteiger partial charge is 0.462 e. The quantitative estimate of drug-likeness (QED) is 0.332. The van der Waals surface area contributed by atoms with Crippen LogP contribution in [-0.2, 0) is 24.1 Å². The molecule has 1 aromatic carbocycles. The van der Waals surface area contributed by atoms with E-state index in [0.29, 0.717) is 44.8 Å². The van der Waals surface area contributed by atoms with Gasteiger partial charge < -0.3 is 10.1 Å². The summed E-state index contributed by atoms with van der Waals surface area (Å²) in [6, 6.07) is 5.32. The van der Waals surface area contributed by atoms with E-state index < -0.39 is 0 Å². The summed E-state index contributed by atoms with van der Waals surface area (Å²) in [6.07, 6.45) is 5.62. The first-order valence-corrected chi connectivity index (χ1v) is 12.2. The molecule has 32 heavy (non-hydrogen) atoms. The van der Waals surface area contributed by atoms with Crippen LogP contribution in [0.25, 0.3) is 0 Å². The van der Waals surface area contributed by atoms with Crippen molar-refractivity contribution < 1.29 is 9.53 Å². The first-order valence-electron chi connectivity index (χ1n) is 10.2. The highest BCUT2D eigenvalue weighted by Crippen LogP contribution is 2.38. The third-order valence-electron chi connectivity index (χ3n) is 4.99. The molecule has 11 heteroatoms. The van der Waals surface area contributed by atoms with E-state index in [1.165, 1.54) is 4.88 Å². The van der Waals surface area contributed by atoms with Gasteiger partial charge in [0.15, 0.2) is 5.11 Å². The van der Waals surface area contributed by atoms with Crippen LogP contribution in [0.2, 0.25) is 10.0 Å². The number of halogens is 2. The summed E-state index contributed by atoms with van der Waals surface area (Å²) in [5, 5.41) is 12.6. The Bertz CT molecular complexity index is 1160. The third-order valence-corrected chi connectivity index (χ3v) is 6.99. The topological polar surface area (TPSA) is 81.1 Å². The molecule has 4 rings (SSSR count). The van der Waals surface area contributed by atoms with E-state index in [1.807, 2.05) is 6.07 Å². The van der Waals surface area contributed by atoms with Crippen LogP contribution in [0, 0.1) is 0 Å². The number of ether oxygens (including phenoxy) is 1. The lowest BCUT2D eigenvalue weighted by Crippen LogP contribution is -2.21. The van der Waals surface area contributed by atoms with Gasteiger partial charge >= 0.3 is 5.97 Å². The Balaban J connectivity index is 1.45. The number of fused-ring (bicyclic) bond motifs is 1. The summed E-state index contributed by atoms with van der Waals surface area (Å²) in [7, 11) is 0. The number of esters is 1. The molecule has 0 amide bonds. The van der Waals surface area contributed by atoms with E-state index >= 15 is 0 Å². The van der Waals surface area contributed by atoms with Gasteiger partial charge in [-0.1, -0.05) is 29.3 Å². The molecule has 0 atom stereocenters. The van der Waals surface area contributed by atoms with Crippen LogP contribution >= 0.6 is 46.8 Å². The minimum atomic E-state index is -0.320. The molecule has 0 bridgehead atoms. The summed E-state index contributed by atoms with van der Waals surface area (Å²) >= 11 is 19.2. The van der Waals surface area contributed by atoms with Crippen molar-refractivity contribution in [3.05, 3.63) is 56.1 Å². The van der Waals surface area contributed by atoms with E-state index in [1.54, 1.807) is 41.4 Å². The van der Waals surface area contributed by atoms with Crippen LogP contribution in [0.3, 0.4) is 0 Å². The number of nitrogens with one attached hydrogen (secondary N) is 2. The number of anilines is 2. The van der Waals surface area contributed by atoms with Gasteiger partial charge in [0.25, 0.3) is 0 Å². The van der Waals surface area contributed by atoms with Gasteiger partial charge in [0.05, 0.1) is 18.7 Å². The molecule has 0 saturated heterocycles. The smallest absolute Gasteiger partial charge is 0.341 e. The summed E-state index contributed by atoms with van der Waals surface area (Å²) in [5.41, 5.74) is 2.54. The zero-order chi connectivity index (χ0) is 22.7. The second-order valence-corrected chi connectivity index (χ2v) is 9.57. The zero-order valence-electron chi connectivity index (χ0n) is 17.3. The Kier molecular flexibility index (Phi) is 7.30. The first-order chi connectivity index (χ1) is 15.4. The molecular weight excluding hydrogens is 489 g/mol. The maximum Gasteiger partial charge on any atom is 0.341 e. The molecule has 0 saturated carbocycles. The molecular formula is C21H21Cl2N5O2S2. The fraction of sp³-hybridized carbons (Fsp3) is 0.333. The van der Waals surface area contributed by atoms with Gasteiger partial charge in [-0.25, -0.2) is 14.5 Å². The molecule has 168 valence electrons. The second-order valence-electron chi connectivity index (χ2n) is 7.22. The molecule has 0 radical (unpaired) electrons. The normalized spacial score (nSPS) is 12.8. The number of hydrogen-bond acceptors (Lipinski definition) is 6. The number of nitrogens with zero attached hydrogens (tertiary/aromatic N) is 3. The van der Waals surface area contributed by atoms with Crippen molar-refractivity contribution in [2.24, 2.45) is 0 Å². The average molecular weight is 510 g/mol. The number of aromatic nitrogens is 3. The minimum Gasteiger partial charge on any atom is -0.462 e. The Labute approximate surface area is 205 Å². The van der Waals surface area contributed by atoms with Crippen molar-refractivity contribution in [3.8, 4) is 0 Å². The lowest BCUT2D eigenvalue weighted by atomic mass is 9.95. The van der Waals surface area contributed by atoms with Gasteiger partial charge in [0, 0.05) is 14.9 Å². The summed E-state index contributed by atoms with van der Waals surface area (Å²) in [6.45, 7) is 2.56. The van der Waals surface area contributed by atoms with Crippen molar-refractivity contribution in [2.45, 2.75) is 39.2 Å². The maximum atomic E-state index is 12.6. The van der Waals surface area contributed by atoms with E-state index in [9.17, 15) is 4.79 Å². The number of hydrogen-bond donors (Lipinski definition) is 2. The summed E-state index contributed by atoms with van der Waals surface area (Å²) in [5.74, 6) is 0.0195. The first kappa shape index (κ1) is 23.0. The van der Waals surface area contributed by atoms with Gasteiger partial charge in [-0.2, -0.15) is 0 Å². The lowest BCUT2D eigenvalue weighted by Gasteiger charge is -2.12. The monoisotopic (exact) mass is 509 g/mol. The molecule has 0 spiro atoms. The molecule has 1 aliphatic rings. The van der Waals surface area contributed by atoms with Crippen LogP contribution in [0.15, 0.2) is 24.5 Å². The fourth-order valence-corrected chi connectivity index (χ4v) is 5.57. The number of benzene rings is 1. The highest BCUT2D eigenvalue weighted by molar-refractivity contribution is 7.80. The Hall–Kier alpha value is -2.20. The summed E-state index contributed by atoms with van der Waals surface area (Å²) < 4.78 is 6.93. The molecule has 1 aliphatic carbocycles. The van der Waals surface area contributed by atoms with Gasteiger partial charge in [0.1, 0.15) is 11.3 Å². The molecule has 2 aromatic heterocycles. The maximum absolute atomic E-state index is 12.6. The highest BCUT2D eigenvalue weighted by atomic mass is 35.5. The number of thiophene rings is 1. The highest BCUT2D eigenvalue weighted by Gasteiger charge is 2.26. The van der Waals surface area contributed by atoms with Gasteiger partial charge in [-0.3, -0.25) is 5.32 Å². The van der Waals surface area contributed by atoms with Gasteiger partial charge in [-0.05, 0) is 68.1 Å². The molecule has 2 N–H and O–H groups in total. The molecule has 2 heterocycles. The molecule has 7 nitrogen and oxygen atoms in total. The van der Waals surface area contributed by atoms with Crippen molar-refractivity contribution in [2.75, 3.05) is 17.2 Å². The van der Waals surface area contributed by atoms with Crippen molar-refractivity contribution in [3.63, 3.8) is 0 Å². The third kappa shape index (κ3) is 5.23. The van der Waals surface area contributed by atoms with Gasteiger partial charge in [0.2, 0.25) is 5.95 Å². The number of thiocarbonyl (C=S) groups is 1. The van der Waals surface area contributed by atoms with E-state index in [2.05, 4.69) is 20.7 Å². The Morgan fingerprint density at radius 1 is 1.28 bits per heavy atom.